The van der Waals surface area contributed by atoms with Crippen molar-refractivity contribution in [3.63, 3.8) is 0 Å². The number of benzene rings is 2. The zero-order valence-electron chi connectivity index (χ0n) is 15.8. The molecule has 0 fully saturated rings. The average molecular weight is 398 g/mol. The molecule has 0 bridgehead atoms. The van der Waals surface area contributed by atoms with Gasteiger partial charge in [-0.25, -0.2) is 8.42 Å². The molecule has 0 spiro atoms. The molecule has 26 heavy (non-hydrogen) atoms. The van der Waals surface area contributed by atoms with Crippen molar-refractivity contribution in [3.05, 3.63) is 46.5 Å². The topological polar surface area (TPSA) is 64.6 Å². The van der Waals surface area contributed by atoms with Gasteiger partial charge in [-0.15, -0.1) is 0 Å². The summed E-state index contributed by atoms with van der Waals surface area (Å²) in [4.78, 5) is 0.218. The van der Waals surface area contributed by atoms with Crippen molar-refractivity contribution in [1.29, 1.82) is 0 Å². The number of anilines is 1. The minimum Gasteiger partial charge on any atom is -0.493 e. The number of rotatable bonds is 5. The summed E-state index contributed by atoms with van der Waals surface area (Å²) in [5, 5.41) is 0.218. The second kappa shape index (κ2) is 7.37. The van der Waals surface area contributed by atoms with Gasteiger partial charge >= 0.3 is 0 Å². The Kier molecular flexibility index (Phi) is 5.78. The number of hydrogen-bond donors (Lipinski definition) is 1. The number of aryl methyl sites for hydroxylation is 1. The van der Waals surface area contributed by atoms with Crippen LogP contribution in [0.15, 0.2) is 35.2 Å². The summed E-state index contributed by atoms with van der Waals surface area (Å²) in [5.74, 6) is 0.807. The maximum atomic E-state index is 13.0. The summed E-state index contributed by atoms with van der Waals surface area (Å²) in [6.45, 7) is 7.86. The molecule has 0 amide bonds. The molecular formula is C19H24ClNO4S. The van der Waals surface area contributed by atoms with Gasteiger partial charge in [-0.05, 0) is 29.5 Å². The first kappa shape index (κ1) is 20.4. The third-order valence-corrected chi connectivity index (χ3v) is 5.88. The molecule has 0 radical (unpaired) electrons. The molecule has 0 heterocycles. The molecule has 0 aromatic heterocycles. The van der Waals surface area contributed by atoms with E-state index in [0.717, 1.165) is 5.56 Å². The lowest BCUT2D eigenvalue weighted by atomic mass is 9.87. The maximum absolute atomic E-state index is 13.0. The summed E-state index contributed by atoms with van der Waals surface area (Å²) in [5.41, 5.74) is 1.65. The van der Waals surface area contributed by atoms with Crippen LogP contribution in [0, 0.1) is 6.92 Å². The standard InChI is InChI=1S/C19H24ClNO4S/c1-12-7-8-13(19(2,3)4)9-18(12)26(22,23)21-15-11-17(25-6)16(24-5)10-14(15)20/h7-11,21H,1-6H3. The molecule has 2 aromatic carbocycles. The zero-order valence-corrected chi connectivity index (χ0v) is 17.4. The van der Waals surface area contributed by atoms with E-state index in [2.05, 4.69) is 4.72 Å². The van der Waals surface area contributed by atoms with E-state index in [-0.39, 0.29) is 21.0 Å². The molecule has 1 N–H and O–H groups in total. The van der Waals surface area contributed by atoms with Crippen LogP contribution in [0.2, 0.25) is 5.02 Å². The monoisotopic (exact) mass is 397 g/mol. The van der Waals surface area contributed by atoms with Gasteiger partial charge in [0, 0.05) is 12.1 Å². The van der Waals surface area contributed by atoms with Crippen molar-refractivity contribution in [2.24, 2.45) is 0 Å². The molecule has 2 aromatic rings. The first-order valence-corrected chi connectivity index (χ1v) is 9.91. The van der Waals surface area contributed by atoms with E-state index in [1.54, 1.807) is 13.0 Å². The summed E-state index contributed by atoms with van der Waals surface area (Å²) < 4.78 is 38.9. The third kappa shape index (κ3) is 4.24. The molecule has 0 aliphatic rings. The van der Waals surface area contributed by atoms with Gasteiger partial charge in [-0.1, -0.05) is 44.5 Å². The van der Waals surface area contributed by atoms with E-state index in [1.807, 2.05) is 32.9 Å². The quantitative estimate of drug-likeness (QED) is 0.789. The minimum absolute atomic E-state index is 0.168. The number of halogens is 1. The molecule has 0 aliphatic carbocycles. The average Bonchev–Trinajstić information content (AvgIpc) is 2.55. The highest BCUT2D eigenvalue weighted by Crippen LogP contribution is 2.37. The van der Waals surface area contributed by atoms with Gasteiger partial charge in [0.1, 0.15) is 0 Å². The summed E-state index contributed by atoms with van der Waals surface area (Å²) in [6, 6.07) is 8.47. The first-order chi connectivity index (χ1) is 12.0. The van der Waals surface area contributed by atoms with E-state index >= 15 is 0 Å². The Morgan fingerprint density at radius 3 is 2.12 bits per heavy atom. The van der Waals surface area contributed by atoms with E-state index in [0.29, 0.717) is 17.1 Å². The van der Waals surface area contributed by atoms with Crippen LogP contribution < -0.4 is 14.2 Å². The molecule has 2 rings (SSSR count). The molecule has 7 heteroatoms. The van der Waals surface area contributed by atoms with Crippen LogP contribution in [0.1, 0.15) is 31.9 Å². The number of hydrogen-bond acceptors (Lipinski definition) is 4. The summed E-state index contributed by atoms with van der Waals surface area (Å²) in [6.07, 6.45) is 0. The van der Waals surface area contributed by atoms with Crippen LogP contribution in [0.5, 0.6) is 11.5 Å². The second-order valence-electron chi connectivity index (χ2n) is 7.02. The van der Waals surface area contributed by atoms with Gasteiger partial charge in [0.05, 0.1) is 29.8 Å². The molecule has 5 nitrogen and oxygen atoms in total. The Bertz CT molecular complexity index is 918. The van der Waals surface area contributed by atoms with Gasteiger partial charge in [0.2, 0.25) is 0 Å². The fraction of sp³-hybridized carbons (Fsp3) is 0.368. The van der Waals surface area contributed by atoms with Crippen LogP contribution in [0.3, 0.4) is 0 Å². The van der Waals surface area contributed by atoms with Crippen molar-refractivity contribution >= 4 is 27.3 Å². The fourth-order valence-corrected chi connectivity index (χ4v) is 4.09. The molecule has 0 saturated heterocycles. The Morgan fingerprint density at radius 2 is 1.58 bits per heavy atom. The van der Waals surface area contributed by atoms with Gasteiger partial charge in [-0.2, -0.15) is 0 Å². The smallest absolute Gasteiger partial charge is 0.262 e. The van der Waals surface area contributed by atoms with Gasteiger partial charge in [0.15, 0.2) is 11.5 Å². The van der Waals surface area contributed by atoms with Crippen molar-refractivity contribution in [2.75, 3.05) is 18.9 Å². The van der Waals surface area contributed by atoms with Crippen molar-refractivity contribution < 1.29 is 17.9 Å². The molecule has 0 aliphatic heterocycles. The van der Waals surface area contributed by atoms with Gasteiger partial charge in [-0.3, -0.25) is 4.72 Å². The molecule has 142 valence electrons. The highest BCUT2D eigenvalue weighted by atomic mass is 35.5. The van der Waals surface area contributed by atoms with Crippen molar-refractivity contribution in [3.8, 4) is 11.5 Å². The van der Waals surface area contributed by atoms with Crippen LogP contribution in [0.4, 0.5) is 5.69 Å². The molecule has 0 saturated carbocycles. The second-order valence-corrected chi connectivity index (χ2v) is 9.08. The SMILES string of the molecule is COc1cc(Cl)c(NS(=O)(=O)c2cc(C(C)(C)C)ccc2C)cc1OC. The Labute approximate surface area is 160 Å². The predicted molar refractivity (Wildman–Crippen MR) is 105 cm³/mol. The van der Waals surface area contributed by atoms with E-state index in [1.165, 1.54) is 26.4 Å². The van der Waals surface area contributed by atoms with E-state index in [9.17, 15) is 8.42 Å². The number of nitrogens with one attached hydrogen (secondary N) is 1. The Hall–Kier alpha value is -1.92. The molecular weight excluding hydrogens is 374 g/mol. The number of methoxy groups -OCH3 is 2. The zero-order chi connectivity index (χ0) is 19.7. The fourth-order valence-electron chi connectivity index (χ4n) is 2.49. The van der Waals surface area contributed by atoms with E-state index in [4.69, 9.17) is 21.1 Å². The lowest BCUT2D eigenvalue weighted by Crippen LogP contribution is -2.17. The van der Waals surface area contributed by atoms with Crippen molar-refractivity contribution in [1.82, 2.24) is 0 Å². The molecule has 0 atom stereocenters. The van der Waals surface area contributed by atoms with Crippen molar-refractivity contribution in [2.45, 2.75) is 38.0 Å². The molecule has 0 unspecified atom stereocenters. The van der Waals surface area contributed by atoms with Crippen LogP contribution in [-0.2, 0) is 15.4 Å². The minimum atomic E-state index is -3.82. The van der Waals surface area contributed by atoms with Crippen LogP contribution in [0.25, 0.3) is 0 Å². The number of sulfonamides is 1. The maximum Gasteiger partial charge on any atom is 0.262 e. The van der Waals surface area contributed by atoms with E-state index < -0.39 is 10.0 Å². The Balaban J connectivity index is 2.50. The highest BCUT2D eigenvalue weighted by molar-refractivity contribution is 7.92. The van der Waals surface area contributed by atoms with Gasteiger partial charge < -0.3 is 9.47 Å². The van der Waals surface area contributed by atoms with Gasteiger partial charge in [0.25, 0.3) is 10.0 Å². The highest BCUT2D eigenvalue weighted by Gasteiger charge is 2.23. The number of ether oxygens (including phenoxy) is 2. The lowest BCUT2D eigenvalue weighted by molar-refractivity contribution is 0.355. The predicted octanol–water partition coefficient (Wildman–Crippen LogP) is 4.76. The summed E-state index contributed by atoms with van der Waals surface area (Å²) >= 11 is 6.21. The largest absolute Gasteiger partial charge is 0.493 e. The summed E-state index contributed by atoms with van der Waals surface area (Å²) in [7, 11) is -0.866. The first-order valence-electron chi connectivity index (χ1n) is 8.05. The lowest BCUT2D eigenvalue weighted by Gasteiger charge is -2.21. The van der Waals surface area contributed by atoms with Crippen LogP contribution >= 0.6 is 11.6 Å². The third-order valence-electron chi connectivity index (χ3n) is 4.06. The Morgan fingerprint density at radius 1 is 1.00 bits per heavy atom. The normalized spacial score (nSPS) is 12.0. The van der Waals surface area contributed by atoms with Crippen LogP contribution in [-0.4, -0.2) is 22.6 Å².